The smallest absolute Gasteiger partial charge is 0.279 e. The second-order valence-corrected chi connectivity index (χ2v) is 4.89. The van der Waals surface area contributed by atoms with E-state index >= 15 is 0 Å². The van der Waals surface area contributed by atoms with Crippen molar-refractivity contribution < 1.29 is 14.1 Å². The molecule has 1 unspecified atom stereocenters. The highest BCUT2D eigenvalue weighted by Gasteiger charge is 2.33. The van der Waals surface area contributed by atoms with Gasteiger partial charge in [-0.15, -0.1) is 0 Å². The minimum absolute atomic E-state index is 0.0615. The minimum Gasteiger partial charge on any atom is -0.456 e. The number of halogens is 1. The molecule has 1 fully saturated rings. The van der Waals surface area contributed by atoms with E-state index in [4.69, 9.17) is 9.15 Å². The van der Waals surface area contributed by atoms with E-state index in [2.05, 4.69) is 22.6 Å². The van der Waals surface area contributed by atoms with Crippen molar-refractivity contribution >= 4 is 49.4 Å². The molecular weight excluding hydrogens is 361 g/mol. The van der Waals surface area contributed by atoms with E-state index in [1.54, 1.807) is 0 Å². The number of epoxide rings is 1. The first-order valence-corrected chi connectivity index (χ1v) is 6.99. The van der Waals surface area contributed by atoms with Gasteiger partial charge < -0.3 is 9.15 Å². The number of fused-ring (bicyclic) bond motifs is 1. The second kappa shape index (κ2) is 4.61. The average Bonchev–Trinajstić information content (AvgIpc) is 3.18. The molecule has 1 saturated heterocycles. The van der Waals surface area contributed by atoms with E-state index < -0.39 is 0 Å². The number of rotatable bonds is 2. The lowest BCUT2D eigenvalue weighted by Gasteiger charge is -1.99. The summed E-state index contributed by atoms with van der Waals surface area (Å²) in [6, 6.07) is 3.30. The Hall–Kier alpha value is -1.41. The molecule has 19 heavy (non-hydrogen) atoms. The van der Waals surface area contributed by atoms with Gasteiger partial charge in [-0.25, -0.2) is 0 Å². The highest BCUT2D eigenvalue weighted by molar-refractivity contribution is 14.1. The summed E-state index contributed by atoms with van der Waals surface area (Å²) in [5, 5.41) is 13.0. The van der Waals surface area contributed by atoms with Crippen LogP contribution in [0, 0.1) is 10.1 Å². The van der Waals surface area contributed by atoms with E-state index in [0.717, 1.165) is 16.0 Å². The molecule has 1 aromatic heterocycles. The van der Waals surface area contributed by atoms with Gasteiger partial charge >= 0.3 is 0 Å². The second-order valence-electron chi connectivity index (χ2n) is 4.26. The van der Waals surface area contributed by atoms with Gasteiger partial charge in [-0.05, 0) is 23.1 Å². The lowest BCUT2D eigenvalue weighted by molar-refractivity contribution is -0.385. The number of nitro benzene ring substituents is 1. The normalized spacial score (nSPS) is 20.2. The molecule has 0 radical (unpaired) electrons. The van der Waals surface area contributed by atoms with Gasteiger partial charge in [0.25, 0.3) is 5.69 Å². The van der Waals surface area contributed by atoms with Gasteiger partial charge in [0, 0.05) is 10.6 Å². The van der Waals surface area contributed by atoms with Crippen molar-refractivity contribution in [1.29, 1.82) is 0 Å². The Morgan fingerprint density at radius 2 is 2.26 bits per heavy atom. The molecular formula is C13H10INO4. The maximum absolute atomic E-state index is 11.1. The quantitative estimate of drug-likeness (QED) is 0.352. The fourth-order valence-corrected chi connectivity index (χ4v) is 2.80. The van der Waals surface area contributed by atoms with Crippen LogP contribution in [0.15, 0.2) is 16.5 Å². The summed E-state index contributed by atoms with van der Waals surface area (Å²) in [6.45, 7) is 2.42. The summed E-state index contributed by atoms with van der Waals surface area (Å²) in [7, 11) is 0. The summed E-state index contributed by atoms with van der Waals surface area (Å²) in [5.74, 6) is 0. The number of nitro groups is 1. The first kappa shape index (κ1) is 12.6. The topological polar surface area (TPSA) is 68.8 Å². The molecule has 5 nitrogen and oxygen atoms in total. The van der Waals surface area contributed by atoms with Crippen molar-refractivity contribution in [3.63, 3.8) is 0 Å². The number of hydrogen-bond acceptors (Lipinski definition) is 4. The van der Waals surface area contributed by atoms with Crippen molar-refractivity contribution in [2.75, 3.05) is 6.61 Å². The Kier molecular flexibility index (Phi) is 3.06. The van der Waals surface area contributed by atoms with Crippen LogP contribution in [-0.2, 0) is 4.74 Å². The Morgan fingerprint density at radius 1 is 1.53 bits per heavy atom. The van der Waals surface area contributed by atoms with Gasteiger partial charge in [-0.1, -0.05) is 22.6 Å². The van der Waals surface area contributed by atoms with E-state index in [9.17, 15) is 10.1 Å². The van der Waals surface area contributed by atoms with Crippen molar-refractivity contribution in [1.82, 2.24) is 0 Å². The van der Waals surface area contributed by atoms with Gasteiger partial charge in [-0.2, -0.15) is 0 Å². The third-order valence-corrected chi connectivity index (χ3v) is 3.78. The molecule has 1 aromatic carbocycles. The number of benzene rings is 1. The molecule has 0 bridgehead atoms. The van der Waals surface area contributed by atoms with Crippen LogP contribution >= 0.6 is 22.6 Å². The van der Waals surface area contributed by atoms with E-state index in [-0.39, 0.29) is 16.7 Å². The SMILES string of the molecule is C/C=c1/oc2cc([N+](=O)[O-])c(C3CO3)cc2/c1=C/I. The first-order valence-electron chi connectivity index (χ1n) is 5.75. The number of furan rings is 1. The molecule has 0 saturated carbocycles. The van der Waals surface area contributed by atoms with Crippen molar-refractivity contribution in [2.45, 2.75) is 13.0 Å². The number of hydrogen-bond donors (Lipinski definition) is 0. The molecule has 1 aliphatic rings. The monoisotopic (exact) mass is 371 g/mol. The maximum Gasteiger partial charge on any atom is 0.279 e. The Morgan fingerprint density at radius 3 is 2.79 bits per heavy atom. The van der Waals surface area contributed by atoms with Gasteiger partial charge in [0.2, 0.25) is 0 Å². The minimum atomic E-state index is -0.387. The number of nitrogens with zero attached hydrogens (tertiary/aromatic N) is 1. The standard InChI is InChI=1S/C13H10INO4/c1-2-11-9(5-14)7-3-8(13-6-18-13)10(15(16)17)4-12(7)19-11/h2-5,13H,6H2,1H3/b9-5-,11-2+. The summed E-state index contributed by atoms with van der Waals surface area (Å²) in [4.78, 5) is 10.7. The highest BCUT2D eigenvalue weighted by Crippen LogP contribution is 2.37. The van der Waals surface area contributed by atoms with Gasteiger partial charge in [0.1, 0.15) is 17.1 Å². The lowest BCUT2D eigenvalue weighted by atomic mass is 10.1. The molecule has 0 spiro atoms. The van der Waals surface area contributed by atoms with Crippen LogP contribution < -0.4 is 10.6 Å². The third-order valence-electron chi connectivity index (χ3n) is 3.15. The van der Waals surface area contributed by atoms with Crippen LogP contribution in [0.25, 0.3) is 21.1 Å². The Bertz CT molecular complexity index is 789. The predicted octanol–water partition coefficient (Wildman–Crippen LogP) is 2.39. The zero-order valence-electron chi connectivity index (χ0n) is 10.1. The van der Waals surface area contributed by atoms with Crippen LogP contribution in [0.1, 0.15) is 18.6 Å². The largest absolute Gasteiger partial charge is 0.456 e. The van der Waals surface area contributed by atoms with E-state index in [1.807, 2.05) is 23.1 Å². The fraction of sp³-hybridized carbons (Fsp3) is 0.231. The first-order chi connectivity index (χ1) is 9.15. The van der Waals surface area contributed by atoms with Crippen LogP contribution in [-0.4, -0.2) is 11.5 Å². The molecule has 2 heterocycles. The van der Waals surface area contributed by atoms with Gasteiger partial charge in [-0.3, -0.25) is 10.1 Å². The van der Waals surface area contributed by atoms with Crippen molar-refractivity contribution in [3.8, 4) is 0 Å². The van der Waals surface area contributed by atoms with Crippen LogP contribution in [0.5, 0.6) is 0 Å². The number of ether oxygens (including phenoxy) is 1. The van der Waals surface area contributed by atoms with Crippen LogP contribution in [0.2, 0.25) is 0 Å². The molecule has 1 aliphatic heterocycles. The summed E-state index contributed by atoms with van der Waals surface area (Å²) >= 11 is 2.14. The van der Waals surface area contributed by atoms with E-state index in [0.29, 0.717) is 17.8 Å². The van der Waals surface area contributed by atoms with Crippen LogP contribution in [0.4, 0.5) is 5.69 Å². The molecule has 2 aromatic rings. The van der Waals surface area contributed by atoms with Gasteiger partial charge in [0.15, 0.2) is 0 Å². The Balaban J connectivity index is 2.41. The van der Waals surface area contributed by atoms with Crippen molar-refractivity contribution in [2.24, 2.45) is 0 Å². The Labute approximate surface area is 121 Å². The zero-order chi connectivity index (χ0) is 13.6. The molecule has 0 aliphatic carbocycles. The third kappa shape index (κ3) is 2.04. The van der Waals surface area contributed by atoms with Gasteiger partial charge in [0.05, 0.1) is 23.2 Å². The zero-order valence-corrected chi connectivity index (χ0v) is 12.2. The molecule has 98 valence electrons. The molecule has 0 N–H and O–H groups in total. The van der Waals surface area contributed by atoms with E-state index in [1.165, 1.54) is 6.07 Å². The highest BCUT2D eigenvalue weighted by atomic mass is 127. The van der Waals surface area contributed by atoms with Crippen molar-refractivity contribution in [3.05, 3.63) is 38.4 Å². The lowest BCUT2D eigenvalue weighted by Crippen LogP contribution is -2.18. The molecule has 3 rings (SSSR count). The maximum atomic E-state index is 11.1. The summed E-state index contributed by atoms with van der Waals surface area (Å²) < 4.78 is 12.8. The summed E-state index contributed by atoms with van der Waals surface area (Å²) in [5.41, 5.74) is 1.95. The molecule has 6 heteroatoms. The van der Waals surface area contributed by atoms with Crippen LogP contribution in [0.3, 0.4) is 0 Å². The molecule has 1 atom stereocenters. The molecule has 0 amide bonds. The predicted molar refractivity (Wildman–Crippen MR) is 79.4 cm³/mol. The summed E-state index contributed by atoms with van der Waals surface area (Å²) in [6.07, 6.45) is 1.69. The average molecular weight is 371 g/mol. The fourth-order valence-electron chi connectivity index (χ4n) is 2.16.